The SMILES string of the molecule is CC(C)(C)[Si](OCCCCCCCC[C@@]12CCC(=O)N1CCC[C@H]2CO)(c1ccccc1)c1ccccc1. The Morgan fingerprint density at radius 3 is 2.08 bits per heavy atom. The number of benzene rings is 2. The summed E-state index contributed by atoms with van der Waals surface area (Å²) in [5, 5.41) is 12.7. The van der Waals surface area contributed by atoms with E-state index in [1.807, 2.05) is 0 Å². The van der Waals surface area contributed by atoms with E-state index in [1.54, 1.807) is 0 Å². The number of amides is 1. The molecule has 0 spiro atoms. The minimum Gasteiger partial charge on any atom is -0.407 e. The van der Waals surface area contributed by atoms with Crippen LogP contribution in [0.3, 0.4) is 0 Å². The molecule has 1 N–H and O–H groups in total. The van der Waals surface area contributed by atoms with Crippen molar-refractivity contribution in [1.29, 1.82) is 0 Å². The minimum absolute atomic E-state index is 0.0240. The fraction of sp³-hybridized carbons (Fsp3) is 0.606. The van der Waals surface area contributed by atoms with Gasteiger partial charge in [-0.05, 0) is 47.5 Å². The number of hydrogen-bond acceptors (Lipinski definition) is 3. The molecule has 4 nitrogen and oxygen atoms in total. The van der Waals surface area contributed by atoms with Crippen LogP contribution in [0.5, 0.6) is 0 Å². The fourth-order valence-corrected chi connectivity index (χ4v) is 11.9. The molecule has 2 fully saturated rings. The molecule has 5 heteroatoms. The summed E-state index contributed by atoms with van der Waals surface area (Å²) in [6.07, 6.45) is 11.8. The van der Waals surface area contributed by atoms with Crippen molar-refractivity contribution < 1.29 is 14.3 Å². The van der Waals surface area contributed by atoms with Gasteiger partial charge in [0.25, 0.3) is 8.32 Å². The van der Waals surface area contributed by atoms with Crippen molar-refractivity contribution in [2.24, 2.45) is 5.92 Å². The molecule has 0 saturated carbocycles. The van der Waals surface area contributed by atoms with E-state index in [0.29, 0.717) is 12.3 Å². The number of piperidine rings is 1. The zero-order chi connectivity index (χ0) is 27.1. The molecule has 2 atom stereocenters. The van der Waals surface area contributed by atoms with Crippen LogP contribution in [0.2, 0.25) is 5.04 Å². The van der Waals surface area contributed by atoms with E-state index in [4.69, 9.17) is 4.43 Å². The maximum atomic E-state index is 12.5. The lowest BCUT2D eigenvalue weighted by Crippen LogP contribution is -2.66. The third-order valence-electron chi connectivity index (χ3n) is 9.26. The van der Waals surface area contributed by atoms with Crippen LogP contribution in [-0.4, -0.2) is 49.5 Å². The van der Waals surface area contributed by atoms with Gasteiger partial charge >= 0.3 is 0 Å². The predicted molar refractivity (Wildman–Crippen MR) is 159 cm³/mol. The Labute approximate surface area is 231 Å². The normalized spacial score (nSPS) is 22.1. The second-order valence-corrected chi connectivity index (χ2v) is 16.9. The van der Waals surface area contributed by atoms with E-state index in [1.165, 1.54) is 36.1 Å². The Morgan fingerprint density at radius 1 is 0.921 bits per heavy atom. The molecule has 0 bridgehead atoms. The highest BCUT2D eigenvalue weighted by atomic mass is 28.4. The Kier molecular flexibility index (Phi) is 9.88. The minimum atomic E-state index is -2.43. The summed E-state index contributed by atoms with van der Waals surface area (Å²) >= 11 is 0. The molecule has 2 aromatic carbocycles. The standard InChI is InChI=1S/C33H49NO3Si/c1-32(2,3)38(29-18-10-8-11-19-29,30-20-12-9-13-21-30)37-26-15-7-5-4-6-14-23-33-24-22-31(36)34(33)25-16-17-28(33)27-35/h8-13,18-21,28,35H,4-7,14-17,22-27H2,1-3H3/t28-,33-/m0/s1. The molecule has 208 valence electrons. The molecule has 2 saturated heterocycles. The first-order valence-corrected chi connectivity index (χ1v) is 16.9. The van der Waals surface area contributed by atoms with Crippen LogP contribution in [0.15, 0.2) is 60.7 Å². The van der Waals surface area contributed by atoms with E-state index >= 15 is 0 Å². The molecule has 2 aliphatic heterocycles. The van der Waals surface area contributed by atoms with Crippen molar-refractivity contribution in [3.8, 4) is 0 Å². The first kappa shape index (κ1) is 29.0. The predicted octanol–water partition coefficient (Wildman–Crippen LogP) is 6.06. The highest BCUT2D eigenvalue weighted by molar-refractivity contribution is 6.99. The highest BCUT2D eigenvalue weighted by Crippen LogP contribution is 2.45. The van der Waals surface area contributed by atoms with Gasteiger partial charge < -0.3 is 14.4 Å². The maximum absolute atomic E-state index is 12.5. The van der Waals surface area contributed by atoms with Crippen LogP contribution in [0.4, 0.5) is 0 Å². The Balaban J connectivity index is 1.26. The number of hydrogen-bond donors (Lipinski definition) is 1. The van der Waals surface area contributed by atoms with Gasteiger partial charge in [-0.1, -0.05) is 114 Å². The number of aliphatic hydroxyl groups excluding tert-OH is 1. The monoisotopic (exact) mass is 535 g/mol. The first-order valence-electron chi connectivity index (χ1n) is 15.0. The molecule has 0 aromatic heterocycles. The Bertz CT molecular complexity index is 966. The third kappa shape index (κ3) is 5.95. The van der Waals surface area contributed by atoms with Crippen molar-refractivity contribution >= 4 is 24.6 Å². The van der Waals surface area contributed by atoms with Gasteiger partial charge in [-0.15, -0.1) is 0 Å². The lowest BCUT2D eigenvalue weighted by Gasteiger charge is -2.48. The average Bonchev–Trinajstić information content (AvgIpc) is 3.26. The topological polar surface area (TPSA) is 49.8 Å². The second kappa shape index (κ2) is 12.9. The van der Waals surface area contributed by atoms with Crippen LogP contribution < -0.4 is 10.4 Å². The van der Waals surface area contributed by atoms with Gasteiger partial charge in [0.1, 0.15) is 0 Å². The van der Waals surface area contributed by atoms with Gasteiger partial charge in [-0.2, -0.15) is 0 Å². The lowest BCUT2D eigenvalue weighted by molar-refractivity contribution is -0.136. The van der Waals surface area contributed by atoms with E-state index in [-0.39, 0.29) is 23.1 Å². The summed E-state index contributed by atoms with van der Waals surface area (Å²) in [6, 6.07) is 21.8. The number of aliphatic hydroxyl groups is 1. The number of rotatable bonds is 13. The molecule has 2 aromatic rings. The van der Waals surface area contributed by atoms with Crippen LogP contribution in [-0.2, 0) is 9.22 Å². The van der Waals surface area contributed by atoms with Gasteiger partial charge in [-0.3, -0.25) is 4.79 Å². The van der Waals surface area contributed by atoms with Crippen molar-refractivity contribution in [2.45, 2.75) is 102 Å². The highest BCUT2D eigenvalue weighted by Gasteiger charge is 2.51. The summed E-state index contributed by atoms with van der Waals surface area (Å²) in [6.45, 7) is 8.92. The van der Waals surface area contributed by atoms with Crippen molar-refractivity contribution in [3.05, 3.63) is 60.7 Å². The smallest absolute Gasteiger partial charge is 0.261 e. The van der Waals surface area contributed by atoms with Crippen LogP contribution in [0.25, 0.3) is 0 Å². The Morgan fingerprint density at radius 2 is 1.50 bits per heavy atom. The van der Waals surface area contributed by atoms with Crippen molar-refractivity contribution in [2.75, 3.05) is 19.8 Å². The average molecular weight is 536 g/mol. The molecule has 1 amide bonds. The number of unbranched alkanes of at least 4 members (excludes halogenated alkanes) is 5. The molecule has 38 heavy (non-hydrogen) atoms. The van der Waals surface area contributed by atoms with Crippen LogP contribution in [0, 0.1) is 5.92 Å². The molecule has 0 aliphatic carbocycles. The van der Waals surface area contributed by atoms with Gasteiger partial charge in [0, 0.05) is 37.6 Å². The molecular formula is C33H49NO3Si. The van der Waals surface area contributed by atoms with Crippen LogP contribution in [0.1, 0.15) is 91.4 Å². The number of carbonyl (C=O) groups excluding carboxylic acids is 1. The van der Waals surface area contributed by atoms with E-state index in [2.05, 4.69) is 86.3 Å². The van der Waals surface area contributed by atoms with Gasteiger partial charge in [0.15, 0.2) is 0 Å². The lowest BCUT2D eigenvalue weighted by atomic mass is 9.73. The summed E-state index contributed by atoms with van der Waals surface area (Å²) in [5.41, 5.74) is -0.0618. The van der Waals surface area contributed by atoms with Gasteiger partial charge in [0.2, 0.25) is 5.91 Å². The van der Waals surface area contributed by atoms with Gasteiger partial charge in [0.05, 0.1) is 0 Å². The summed E-state index contributed by atoms with van der Waals surface area (Å²) in [4.78, 5) is 14.6. The molecular weight excluding hydrogens is 486 g/mol. The number of carbonyl (C=O) groups is 1. The maximum Gasteiger partial charge on any atom is 0.261 e. The molecule has 0 unspecified atom stereocenters. The van der Waals surface area contributed by atoms with E-state index in [0.717, 1.165) is 51.7 Å². The van der Waals surface area contributed by atoms with Crippen molar-refractivity contribution in [1.82, 2.24) is 4.90 Å². The molecule has 2 aliphatic rings. The summed E-state index contributed by atoms with van der Waals surface area (Å²) in [7, 11) is -2.43. The zero-order valence-electron chi connectivity index (χ0n) is 24.0. The van der Waals surface area contributed by atoms with E-state index < -0.39 is 8.32 Å². The van der Waals surface area contributed by atoms with E-state index in [9.17, 15) is 9.90 Å². The van der Waals surface area contributed by atoms with Gasteiger partial charge in [-0.25, -0.2) is 0 Å². The molecule has 2 heterocycles. The summed E-state index contributed by atoms with van der Waals surface area (Å²) < 4.78 is 7.03. The van der Waals surface area contributed by atoms with Crippen LogP contribution >= 0.6 is 0 Å². The second-order valence-electron chi connectivity index (χ2n) is 12.6. The Hall–Kier alpha value is -1.95. The first-order chi connectivity index (χ1) is 18.3. The zero-order valence-corrected chi connectivity index (χ0v) is 25.0. The van der Waals surface area contributed by atoms with Crippen molar-refractivity contribution in [3.63, 3.8) is 0 Å². The fourth-order valence-electron chi connectivity index (χ4n) is 7.33. The number of fused-ring (bicyclic) bond motifs is 1. The molecule has 0 radical (unpaired) electrons. The largest absolute Gasteiger partial charge is 0.407 e. The summed E-state index contributed by atoms with van der Waals surface area (Å²) in [5.74, 6) is 0.574. The molecule has 4 rings (SSSR count). The quantitative estimate of drug-likeness (QED) is 0.251. The third-order valence-corrected chi connectivity index (χ3v) is 14.3. The number of nitrogens with zero attached hydrogens (tertiary/aromatic N) is 1.